The third-order valence-electron chi connectivity index (χ3n) is 14.1. The van der Waals surface area contributed by atoms with Crippen LogP contribution < -0.4 is 33.1 Å². The summed E-state index contributed by atoms with van der Waals surface area (Å²) in [5.41, 5.74) is 15.2. The number of fused-ring (bicyclic) bond motifs is 1. The lowest BCUT2D eigenvalue weighted by atomic mass is 9.98. The summed E-state index contributed by atoms with van der Waals surface area (Å²) in [7, 11) is 1.67. The second-order valence-electron chi connectivity index (χ2n) is 18.4. The molecule has 1 spiro atoms. The van der Waals surface area contributed by atoms with E-state index in [0.717, 1.165) is 42.4 Å². The van der Waals surface area contributed by atoms with E-state index in [9.17, 15) is 38.4 Å². The summed E-state index contributed by atoms with van der Waals surface area (Å²) in [5.74, 6) is -2.89. The summed E-state index contributed by atoms with van der Waals surface area (Å²) in [5, 5.41) is 8.29. The molecule has 1 saturated carbocycles. The van der Waals surface area contributed by atoms with Crippen LogP contribution >= 0.6 is 0 Å². The third-order valence-corrected chi connectivity index (χ3v) is 14.1. The number of nitrogens with two attached hydrogens (primary N) is 2. The number of nitrogens with one attached hydrogen (secondary N) is 3. The number of primary amides is 1. The van der Waals surface area contributed by atoms with Gasteiger partial charge in [0.25, 0.3) is 0 Å². The molecule has 6 atom stereocenters. The van der Waals surface area contributed by atoms with Crippen molar-refractivity contribution in [2.45, 2.75) is 119 Å². The fourth-order valence-electron chi connectivity index (χ4n) is 10.4. The number of nitrogens with zero attached hydrogens (tertiary/aromatic N) is 4. The van der Waals surface area contributed by atoms with Crippen LogP contribution in [0.1, 0.15) is 106 Å². The molecule has 3 aliphatic heterocycles. The summed E-state index contributed by atoms with van der Waals surface area (Å²) in [4.78, 5) is 109. The molecular weight excluding hydrogens is 843 g/mol. The molecule has 66 heavy (non-hydrogen) atoms. The minimum atomic E-state index is -1.11. The van der Waals surface area contributed by atoms with Crippen molar-refractivity contribution in [1.82, 2.24) is 34.9 Å². The standard InChI is InChI=1S/C49H59N9O8/c1-55-36-20-18-30(26-39(36)57(48(55)66)37-21-23-41(60)53-45(37)63)12-6-2-3-11-17-42(61)56-28-33-27-49(33)25-24-38(58(49)47(65)34(50)29-56)46(64)52-35(19-22-40(51)59)44(62)54-43(31-13-7-4-8-14-31)32-15-9-5-10-16-32/h4-5,7-10,13-16,18,20,26,33-35,37-38,43H,2-3,6,11-12,17,19,21-25,27-29,50H2,1H3,(H2,51,59)(H,52,64)(H,54,62)(H,53,60,63)/t33?,34-,35-,37?,38-,49-/m0/s1. The Bertz CT molecular complexity index is 2540. The highest BCUT2D eigenvalue weighted by molar-refractivity contribution is 6.00. The number of aromatic nitrogens is 2. The Labute approximate surface area is 382 Å². The predicted molar refractivity (Wildman–Crippen MR) is 244 cm³/mol. The molecule has 3 aromatic carbocycles. The zero-order valence-electron chi connectivity index (χ0n) is 37.3. The van der Waals surface area contributed by atoms with E-state index in [1.54, 1.807) is 16.8 Å². The van der Waals surface area contributed by atoms with Crippen molar-refractivity contribution in [3.63, 3.8) is 0 Å². The number of amides is 7. The minimum Gasteiger partial charge on any atom is -0.370 e. The zero-order valence-corrected chi connectivity index (χ0v) is 37.3. The van der Waals surface area contributed by atoms with E-state index in [-0.39, 0.29) is 55.7 Å². The van der Waals surface area contributed by atoms with Gasteiger partial charge < -0.3 is 31.9 Å². The van der Waals surface area contributed by atoms with E-state index in [1.165, 1.54) is 9.13 Å². The van der Waals surface area contributed by atoms with Crippen LogP contribution in [0.2, 0.25) is 0 Å². The first kappa shape index (κ1) is 45.9. The normalized spacial score (nSPS) is 23.1. The van der Waals surface area contributed by atoms with E-state index in [1.807, 2.05) is 78.9 Å². The van der Waals surface area contributed by atoms with Gasteiger partial charge in [0.05, 0.1) is 17.1 Å². The van der Waals surface area contributed by atoms with E-state index in [4.69, 9.17) is 11.5 Å². The average molecular weight is 902 g/mol. The molecule has 4 fully saturated rings. The average Bonchev–Trinajstić information content (AvgIpc) is 3.75. The van der Waals surface area contributed by atoms with Gasteiger partial charge in [-0.3, -0.25) is 48.0 Å². The van der Waals surface area contributed by atoms with E-state index >= 15 is 0 Å². The Morgan fingerprint density at radius 2 is 1.53 bits per heavy atom. The highest BCUT2D eigenvalue weighted by atomic mass is 16.2. The maximum absolute atomic E-state index is 14.2. The van der Waals surface area contributed by atoms with Crippen LogP contribution in [0, 0.1) is 5.92 Å². The molecule has 7 amide bonds. The summed E-state index contributed by atoms with van der Waals surface area (Å²) in [6, 6.07) is 20.4. The first-order chi connectivity index (χ1) is 31.7. The molecule has 17 nitrogen and oxygen atoms in total. The lowest BCUT2D eigenvalue weighted by Crippen LogP contribution is -2.61. The van der Waals surface area contributed by atoms with Gasteiger partial charge in [-0.1, -0.05) is 79.6 Å². The van der Waals surface area contributed by atoms with Gasteiger partial charge in [-0.15, -0.1) is 0 Å². The van der Waals surface area contributed by atoms with Gasteiger partial charge in [0.15, 0.2) is 0 Å². The number of carbonyl (C=O) groups excluding carboxylic acids is 7. The Morgan fingerprint density at radius 3 is 2.21 bits per heavy atom. The molecule has 4 aromatic rings. The molecule has 3 saturated heterocycles. The van der Waals surface area contributed by atoms with Crippen LogP contribution in [0.25, 0.3) is 11.0 Å². The Hall–Kier alpha value is -6.62. The number of hydrogen-bond acceptors (Lipinski definition) is 9. The van der Waals surface area contributed by atoms with Crippen molar-refractivity contribution in [3.8, 4) is 0 Å². The summed E-state index contributed by atoms with van der Waals surface area (Å²) < 4.78 is 3.00. The van der Waals surface area contributed by atoms with Crippen molar-refractivity contribution >= 4 is 52.4 Å². The molecule has 348 valence electrons. The lowest BCUT2D eigenvalue weighted by Gasteiger charge is -2.38. The van der Waals surface area contributed by atoms with Gasteiger partial charge >= 0.3 is 5.69 Å². The molecule has 0 bridgehead atoms. The number of imidazole rings is 1. The van der Waals surface area contributed by atoms with Crippen LogP contribution in [0.3, 0.4) is 0 Å². The number of unbranched alkanes of at least 4 members (excludes halogenated alkanes) is 3. The molecule has 0 radical (unpaired) electrons. The zero-order chi connectivity index (χ0) is 46.7. The largest absolute Gasteiger partial charge is 0.370 e. The number of rotatable bonds is 17. The maximum Gasteiger partial charge on any atom is 0.329 e. The fourth-order valence-corrected chi connectivity index (χ4v) is 10.4. The van der Waals surface area contributed by atoms with Crippen LogP contribution in [0.5, 0.6) is 0 Å². The topological polar surface area (TPSA) is 241 Å². The van der Waals surface area contributed by atoms with E-state index in [2.05, 4.69) is 16.0 Å². The van der Waals surface area contributed by atoms with Crippen molar-refractivity contribution in [1.29, 1.82) is 0 Å². The van der Waals surface area contributed by atoms with Crippen LogP contribution in [0.15, 0.2) is 83.7 Å². The molecule has 1 aromatic heterocycles. The van der Waals surface area contributed by atoms with Gasteiger partial charge in [0.2, 0.25) is 41.4 Å². The molecule has 1 aliphatic carbocycles. The van der Waals surface area contributed by atoms with Crippen molar-refractivity contribution in [3.05, 3.63) is 106 Å². The van der Waals surface area contributed by atoms with Crippen LogP contribution in [0.4, 0.5) is 0 Å². The number of hydrogen-bond donors (Lipinski definition) is 5. The molecule has 8 rings (SSSR count). The second kappa shape index (κ2) is 19.5. The SMILES string of the molecule is Cn1c(=O)n(C2CCC(=O)NC2=O)c2cc(CCCCCCC(=O)N3CC4C[C@@]45CC[C@@H](C(=O)N[C@@H](CCC(N)=O)C(=O)NC(c4ccccc4)c4ccccc4)N5C(=O)[C@@H](N)C3)ccc21. The van der Waals surface area contributed by atoms with Gasteiger partial charge in [-0.25, -0.2) is 4.79 Å². The highest BCUT2D eigenvalue weighted by Crippen LogP contribution is 2.58. The van der Waals surface area contributed by atoms with Gasteiger partial charge in [-0.2, -0.15) is 0 Å². The van der Waals surface area contributed by atoms with Crippen molar-refractivity contribution in [2.75, 3.05) is 13.1 Å². The molecular formula is C49H59N9O8. The maximum atomic E-state index is 14.2. The van der Waals surface area contributed by atoms with E-state index < -0.39 is 65.3 Å². The summed E-state index contributed by atoms with van der Waals surface area (Å²) >= 11 is 0. The Morgan fingerprint density at radius 1 is 0.833 bits per heavy atom. The van der Waals surface area contributed by atoms with Gasteiger partial charge in [0, 0.05) is 50.9 Å². The lowest BCUT2D eigenvalue weighted by molar-refractivity contribution is -0.145. The van der Waals surface area contributed by atoms with Crippen LogP contribution in [-0.2, 0) is 47.0 Å². The summed E-state index contributed by atoms with van der Waals surface area (Å²) in [6.07, 6.45) is 6.09. The Kier molecular flexibility index (Phi) is 13.5. The Balaban J connectivity index is 0.845. The second-order valence-corrected chi connectivity index (χ2v) is 18.4. The number of aryl methyl sites for hydroxylation is 2. The minimum absolute atomic E-state index is 0.0181. The molecule has 2 unspecified atom stereocenters. The molecule has 17 heteroatoms. The van der Waals surface area contributed by atoms with Gasteiger partial charge in [0.1, 0.15) is 24.2 Å². The van der Waals surface area contributed by atoms with Crippen molar-refractivity contribution in [2.24, 2.45) is 24.4 Å². The molecule has 4 heterocycles. The molecule has 7 N–H and O–H groups in total. The quantitative estimate of drug-likeness (QED) is 0.0771. The van der Waals surface area contributed by atoms with Crippen LogP contribution in [-0.4, -0.2) is 97.0 Å². The fraction of sp³-hybridized carbons (Fsp3) is 0.469. The number of imide groups is 1. The van der Waals surface area contributed by atoms with E-state index in [0.29, 0.717) is 49.7 Å². The summed E-state index contributed by atoms with van der Waals surface area (Å²) in [6.45, 7) is 0.464. The smallest absolute Gasteiger partial charge is 0.329 e. The van der Waals surface area contributed by atoms with Gasteiger partial charge in [-0.05, 0) is 80.2 Å². The van der Waals surface area contributed by atoms with Crippen molar-refractivity contribution < 1.29 is 33.6 Å². The number of carbonyl (C=O) groups is 7. The number of benzene rings is 3. The molecule has 4 aliphatic rings. The highest BCUT2D eigenvalue weighted by Gasteiger charge is 2.66. The first-order valence-electron chi connectivity index (χ1n) is 23.1. The first-order valence-corrected chi connectivity index (χ1v) is 23.1. The third kappa shape index (κ3) is 9.52. The monoisotopic (exact) mass is 901 g/mol. The predicted octanol–water partition coefficient (Wildman–Crippen LogP) is 2.39. The number of piperidine rings is 1.